The van der Waals surface area contributed by atoms with Crippen LogP contribution in [0.5, 0.6) is 0 Å². The van der Waals surface area contributed by atoms with Gasteiger partial charge in [-0.1, -0.05) is 0 Å². The Kier molecular flexibility index (Phi) is 5.66. The first-order chi connectivity index (χ1) is 11.4. The van der Waals surface area contributed by atoms with Crippen LogP contribution in [0.4, 0.5) is 0 Å². The molecule has 0 aromatic rings. The van der Waals surface area contributed by atoms with Gasteiger partial charge in [0.2, 0.25) is 0 Å². The topological polar surface area (TPSA) is 146 Å². The third-order valence-corrected chi connectivity index (χ3v) is 3.22. The van der Waals surface area contributed by atoms with E-state index in [4.69, 9.17) is 29.2 Å². The quantitative estimate of drug-likeness (QED) is 0.450. The van der Waals surface area contributed by atoms with Gasteiger partial charge in [0.15, 0.2) is 12.2 Å². The molecule has 2 N–H and O–H groups in total. The number of hydrogen-bond acceptors (Lipinski definition) is 8. The smallest absolute Gasteiger partial charge is 0.331 e. The van der Waals surface area contributed by atoms with E-state index in [1.54, 1.807) is 0 Å². The van der Waals surface area contributed by atoms with Crippen molar-refractivity contribution in [2.75, 3.05) is 13.2 Å². The summed E-state index contributed by atoms with van der Waals surface area (Å²) in [5, 5.41) is 16.9. The average molecular weight is 342 g/mol. The van der Waals surface area contributed by atoms with Gasteiger partial charge in [-0.25, -0.2) is 19.2 Å². The number of carbonyl (C=O) groups excluding carboxylic acids is 2. The molecule has 0 aromatic carbocycles. The summed E-state index contributed by atoms with van der Waals surface area (Å²) >= 11 is 0. The fourth-order valence-corrected chi connectivity index (χ4v) is 2.29. The second-order valence-electron chi connectivity index (χ2n) is 4.89. The molecule has 0 bridgehead atoms. The molecule has 24 heavy (non-hydrogen) atoms. The van der Waals surface area contributed by atoms with Crippen molar-refractivity contribution in [2.45, 2.75) is 24.4 Å². The molecule has 0 spiro atoms. The van der Waals surface area contributed by atoms with E-state index in [1.165, 1.54) is 0 Å². The molecule has 2 unspecified atom stereocenters. The number of ether oxygens (including phenoxy) is 4. The lowest BCUT2D eigenvalue weighted by Crippen LogP contribution is -2.35. The van der Waals surface area contributed by atoms with Crippen LogP contribution < -0.4 is 0 Å². The highest BCUT2D eigenvalue weighted by molar-refractivity contribution is 5.91. The van der Waals surface area contributed by atoms with Crippen molar-refractivity contribution in [2.24, 2.45) is 0 Å². The largest absolute Gasteiger partial charge is 0.478 e. The molecule has 2 heterocycles. The van der Waals surface area contributed by atoms with Crippen LogP contribution in [-0.2, 0) is 38.1 Å². The van der Waals surface area contributed by atoms with E-state index in [9.17, 15) is 19.2 Å². The molecule has 130 valence electrons. The zero-order valence-corrected chi connectivity index (χ0v) is 12.2. The summed E-state index contributed by atoms with van der Waals surface area (Å²) in [7, 11) is 0. The van der Waals surface area contributed by atoms with Crippen LogP contribution in [0.25, 0.3) is 0 Å². The van der Waals surface area contributed by atoms with Gasteiger partial charge in [0, 0.05) is 24.3 Å². The molecule has 0 amide bonds. The Bertz CT molecular complexity index is 540. The molecular formula is C14H14O10. The van der Waals surface area contributed by atoms with Gasteiger partial charge < -0.3 is 29.2 Å². The molecule has 0 radical (unpaired) electrons. The van der Waals surface area contributed by atoms with Gasteiger partial charge in [-0.3, -0.25) is 0 Å². The minimum atomic E-state index is -1.29. The lowest BCUT2D eigenvalue weighted by molar-refractivity contribution is -0.149. The fourth-order valence-electron chi connectivity index (χ4n) is 2.29. The van der Waals surface area contributed by atoms with Crippen LogP contribution in [-0.4, -0.2) is 71.7 Å². The van der Waals surface area contributed by atoms with Crippen molar-refractivity contribution in [1.29, 1.82) is 0 Å². The molecule has 2 fully saturated rings. The molecule has 10 nitrogen and oxygen atoms in total. The predicted molar refractivity (Wildman–Crippen MR) is 72.8 cm³/mol. The Hall–Kier alpha value is -2.72. The number of esters is 2. The first kappa shape index (κ1) is 17.6. The molecule has 2 aliphatic rings. The number of hydrogen-bond donors (Lipinski definition) is 2. The van der Waals surface area contributed by atoms with Gasteiger partial charge in [-0.2, -0.15) is 0 Å². The van der Waals surface area contributed by atoms with Crippen molar-refractivity contribution in [3.05, 3.63) is 24.3 Å². The van der Waals surface area contributed by atoms with Crippen molar-refractivity contribution < 1.29 is 48.3 Å². The summed E-state index contributed by atoms with van der Waals surface area (Å²) < 4.78 is 20.9. The van der Waals surface area contributed by atoms with Gasteiger partial charge in [-0.15, -0.1) is 0 Å². The molecule has 0 saturated carbocycles. The van der Waals surface area contributed by atoms with E-state index < -0.39 is 48.3 Å². The van der Waals surface area contributed by atoms with Crippen LogP contribution in [0.2, 0.25) is 0 Å². The molecule has 2 aliphatic heterocycles. The Morgan fingerprint density at radius 2 is 1.12 bits per heavy atom. The monoisotopic (exact) mass is 342 g/mol. The summed E-state index contributed by atoms with van der Waals surface area (Å²) in [6, 6.07) is 0. The van der Waals surface area contributed by atoms with E-state index in [1.807, 2.05) is 0 Å². The fraction of sp³-hybridized carbons (Fsp3) is 0.429. The first-order valence-electron chi connectivity index (χ1n) is 6.83. The predicted octanol–water partition coefficient (Wildman–Crippen LogP) is -1.11. The summed E-state index contributed by atoms with van der Waals surface area (Å²) in [5.41, 5.74) is 0. The molecule has 2 saturated heterocycles. The van der Waals surface area contributed by atoms with Crippen LogP contribution in [0, 0.1) is 0 Å². The highest BCUT2D eigenvalue weighted by atomic mass is 16.7. The van der Waals surface area contributed by atoms with Crippen LogP contribution >= 0.6 is 0 Å². The van der Waals surface area contributed by atoms with E-state index in [-0.39, 0.29) is 13.2 Å². The number of aliphatic carboxylic acids is 2. The molecule has 0 aliphatic carbocycles. The van der Waals surface area contributed by atoms with Gasteiger partial charge in [0.1, 0.15) is 12.2 Å². The van der Waals surface area contributed by atoms with E-state index in [0.29, 0.717) is 12.2 Å². The Labute approximate surface area is 135 Å². The maximum Gasteiger partial charge on any atom is 0.331 e. The summed E-state index contributed by atoms with van der Waals surface area (Å²) in [4.78, 5) is 43.6. The third-order valence-electron chi connectivity index (χ3n) is 3.22. The van der Waals surface area contributed by atoms with E-state index in [2.05, 4.69) is 0 Å². The maximum atomic E-state index is 11.5. The van der Waals surface area contributed by atoms with Crippen molar-refractivity contribution in [3.8, 4) is 0 Å². The standard InChI is InChI=1S/C14H14O10/c15-9(16)1-3-11(19)23-7-5-21-14-8(6-22-13(7)14)24-12(20)4-2-10(17)18/h1-4,7-8,13-14H,5-6H2,(H,15,16)(H,17,18)/b3-1-,4-2+/t7-,8+,13?,14?/m0/s1. The number of carboxylic acid groups (broad SMARTS) is 2. The second kappa shape index (κ2) is 7.70. The Morgan fingerprint density at radius 1 is 0.750 bits per heavy atom. The van der Waals surface area contributed by atoms with Crippen molar-refractivity contribution >= 4 is 23.9 Å². The first-order valence-corrected chi connectivity index (χ1v) is 6.83. The molecule has 0 aromatic heterocycles. The molecule has 10 heteroatoms. The van der Waals surface area contributed by atoms with Gasteiger partial charge in [0.05, 0.1) is 13.2 Å². The zero-order chi connectivity index (χ0) is 17.7. The highest BCUT2D eigenvalue weighted by Gasteiger charge is 2.50. The minimum absolute atomic E-state index is 0.000993. The maximum absolute atomic E-state index is 11.5. The Morgan fingerprint density at radius 3 is 1.46 bits per heavy atom. The molecule has 2 rings (SSSR count). The van der Waals surface area contributed by atoms with E-state index in [0.717, 1.165) is 12.2 Å². The van der Waals surface area contributed by atoms with Crippen LogP contribution in [0.15, 0.2) is 24.3 Å². The summed E-state index contributed by atoms with van der Waals surface area (Å²) in [6.07, 6.45) is -0.0348. The van der Waals surface area contributed by atoms with Gasteiger partial charge >= 0.3 is 23.9 Å². The number of carbonyl (C=O) groups is 4. The van der Waals surface area contributed by atoms with Crippen LogP contribution in [0.3, 0.4) is 0 Å². The SMILES string of the molecule is O=C(O)/C=C\C(=O)O[C@H]1COC2C1OC[C@H]2OC(=O)/C=C/C(=O)O. The van der Waals surface area contributed by atoms with Crippen LogP contribution in [0.1, 0.15) is 0 Å². The third kappa shape index (κ3) is 4.64. The highest BCUT2D eigenvalue weighted by Crippen LogP contribution is 2.30. The number of carboxylic acids is 2. The van der Waals surface area contributed by atoms with Gasteiger partial charge in [0.25, 0.3) is 0 Å². The molecule has 4 atom stereocenters. The summed E-state index contributed by atoms with van der Waals surface area (Å²) in [5.74, 6) is -4.29. The summed E-state index contributed by atoms with van der Waals surface area (Å²) in [6.45, 7) is 0.00199. The lowest BCUT2D eigenvalue weighted by atomic mass is 10.1. The van der Waals surface area contributed by atoms with Crippen molar-refractivity contribution in [1.82, 2.24) is 0 Å². The molecular weight excluding hydrogens is 328 g/mol. The number of rotatable bonds is 6. The zero-order valence-electron chi connectivity index (χ0n) is 12.2. The second-order valence-corrected chi connectivity index (χ2v) is 4.89. The number of fused-ring (bicyclic) bond motifs is 1. The van der Waals surface area contributed by atoms with Crippen molar-refractivity contribution in [3.63, 3.8) is 0 Å². The normalized spacial score (nSPS) is 28.8. The average Bonchev–Trinajstić information content (AvgIpc) is 3.07. The lowest BCUT2D eigenvalue weighted by Gasteiger charge is -2.16. The Balaban J connectivity index is 1.87. The van der Waals surface area contributed by atoms with E-state index >= 15 is 0 Å². The minimum Gasteiger partial charge on any atom is -0.478 e. The van der Waals surface area contributed by atoms with Gasteiger partial charge in [-0.05, 0) is 0 Å².